The van der Waals surface area contributed by atoms with E-state index in [9.17, 15) is 4.79 Å². The highest BCUT2D eigenvalue weighted by molar-refractivity contribution is 5.80. The van der Waals surface area contributed by atoms with Gasteiger partial charge in [-0.05, 0) is 80.1 Å². The van der Waals surface area contributed by atoms with Gasteiger partial charge in [-0.15, -0.1) is 5.10 Å². The van der Waals surface area contributed by atoms with Crippen LogP contribution in [0.1, 0.15) is 58.0 Å². The largest absolute Gasteiger partial charge is 0.497 e. The van der Waals surface area contributed by atoms with Crippen LogP contribution in [-0.2, 0) is 5.54 Å². The zero-order valence-electron chi connectivity index (χ0n) is 18.3. The van der Waals surface area contributed by atoms with Gasteiger partial charge in [0.2, 0.25) is 0 Å². The predicted molar refractivity (Wildman–Crippen MR) is 116 cm³/mol. The maximum absolute atomic E-state index is 13.3. The maximum Gasteiger partial charge on any atom is 0.253 e. The van der Waals surface area contributed by atoms with Gasteiger partial charge >= 0.3 is 0 Å². The summed E-state index contributed by atoms with van der Waals surface area (Å²) in [6, 6.07) is 7.38. The molecular weight excluding hydrogens is 380 g/mol. The van der Waals surface area contributed by atoms with E-state index in [-0.39, 0.29) is 17.1 Å². The summed E-state index contributed by atoms with van der Waals surface area (Å²) >= 11 is 0. The van der Waals surface area contributed by atoms with Crippen molar-refractivity contribution in [2.75, 3.05) is 20.2 Å². The Hall–Kier alpha value is -2.74. The van der Waals surface area contributed by atoms with Crippen LogP contribution < -0.4 is 10.3 Å². The van der Waals surface area contributed by atoms with E-state index in [1.54, 1.807) is 7.11 Å². The molecule has 0 spiro atoms. The zero-order chi connectivity index (χ0) is 21.5. The molecule has 4 rings (SSSR count). The Morgan fingerprint density at radius 3 is 2.77 bits per heavy atom. The van der Waals surface area contributed by atoms with Crippen LogP contribution in [0.3, 0.4) is 0 Å². The fourth-order valence-corrected chi connectivity index (χ4v) is 4.33. The van der Waals surface area contributed by atoms with Gasteiger partial charge in [0.05, 0.1) is 18.2 Å². The molecule has 1 aliphatic rings. The number of hydrogen-bond acceptors (Lipinski definition) is 6. The van der Waals surface area contributed by atoms with E-state index in [0.717, 1.165) is 30.4 Å². The lowest BCUT2D eigenvalue weighted by atomic mass is 9.95. The van der Waals surface area contributed by atoms with E-state index in [4.69, 9.17) is 4.74 Å². The number of pyridine rings is 1. The first-order valence-electron chi connectivity index (χ1n) is 10.5. The Bertz CT molecular complexity index is 1100. The Kier molecular flexibility index (Phi) is 5.36. The SMILES string of the molecule is COc1ccc2cc(C(c3nnnn3C(C)(C)C)N3CCCC(C)C3)c(=O)[nH]c2c1. The molecule has 1 N–H and O–H groups in total. The number of rotatable bonds is 4. The van der Waals surface area contributed by atoms with Gasteiger partial charge in [-0.2, -0.15) is 0 Å². The standard InChI is InChI=1S/C22H30N6O2/c1-14-7-6-10-27(13-14)19(20-24-25-26-28(20)22(2,3)4)17-11-15-8-9-16(30-5)12-18(15)23-21(17)29/h8-9,11-12,14,19H,6-7,10,13H2,1-5H3,(H,23,29). The van der Waals surface area contributed by atoms with E-state index >= 15 is 0 Å². The van der Waals surface area contributed by atoms with Gasteiger partial charge in [0.25, 0.3) is 5.56 Å². The molecule has 2 aromatic heterocycles. The summed E-state index contributed by atoms with van der Waals surface area (Å²) in [5, 5.41) is 13.6. The summed E-state index contributed by atoms with van der Waals surface area (Å²) in [6.45, 7) is 10.3. The number of fused-ring (bicyclic) bond motifs is 1. The van der Waals surface area contributed by atoms with Gasteiger partial charge in [-0.25, -0.2) is 4.68 Å². The summed E-state index contributed by atoms with van der Waals surface area (Å²) in [6.07, 6.45) is 2.29. The van der Waals surface area contributed by atoms with Gasteiger partial charge in [0, 0.05) is 18.2 Å². The zero-order valence-corrected chi connectivity index (χ0v) is 18.3. The lowest BCUT2D eigenvalue weighted by Gasteiger charge is -2.37. The normalized spacial score (nSPS) is 19.2. The Morgan fingerprint density at radius 2 is 2.07 bits per heavy atom. The number of nitrogens with one attached hydrogen (secondary N) is 1. The fraction of sp³-hybridized carbons (Fsp3) is 0.545. The molecule has 8 nitrogen and oxygen atoms in total. The van der Waals surface area contributed by atoms with Crippen LogP contribution in [0.15, 0.2) is 29.1 Å². The van der Waals surface area contributed by atoms with Crippen LogP contribution in [0.2, 0.25) is 0 Å². The van der Waals surface area contributed by atoms with Crippen LogP contribution in [0.5, 0.6) is 5.75 Å². The molecule has 30 heavy (non-hydrogen) atoms. The molecule has 2 unspecified atom stereocenters. The molecule has 0 bridgehead atoms. The Balaban J connectivity index is 1.89. The number of H-pyrrole nitrogens is 1. The molecule has 0 radical (unpaired) electrons. The predicted octanol–water partition coefficient (Wildman–Crippen LogP) is 3.10. The maximum atomic E-state index is 13.3. The third kappa shape index (κ3) is 3.84. The number of benzene rings is 1. The van der Waals surface area contributed by atoms with Crippen molar-refractivity contribution in [3.8, 4) is 5.75 Å². The number of ether oxygens (including phenoxy) is 1. The smallest absolute Gasteiger partial charge is 0.253 e. The van der Waals surface area contributed by atoms with Gasteiger partial charge in [0.15, 0.2) is 5.82 Å². The number of hydrogen-bond donors (Lipinski definition) is 1. The van der Waals surface area contributed by atoms with E-state index < -0.39 is 0 Å². The van der Waals surface area contributed by atoms with Crippen molar-refractivity contribution in [3.63, 3.8) is 0 Å². The van der Waals surface area contributed by atoms with Gasteiger partial charge in [-0.3, -0.25) is 9.69 Å². The number of methoxy groups -OCH3 is 1. The summed E-state index contributed by atoms with van der Waals surface area (Å²) in [5.74, 6) is 1.97. The molecular formula is C22H30N6O2. The monoisotopic (exact) mass is 410 g/mol. The highest BCUT2D eigenvalue weighted by Gasteiger charge is 2.34. The number of aromatic amines is 1. The average molecular weight is 411 g/mol. The molecule has 3 aromatic rings. The number of tetrazole rings is 1. The average Bonchev–Trinajstić information content (AvgIpc) is 3.18. The first-order valence-corrected chi connectivity index (χ1v) is 10.5. The second-order valence-electron chi connectivity index (χ2n) is 9.27. The molecule has 160 valence electrons. The number of nitrogens with zero attached hydrogens (tertiary/aromatic N) is 5. The molecule has 0 aliphatic carbocycles. The van der Waals surface area contributed by atoms with E-state index in [1.807, 2.05) is 28.9 Å². The third-order valence-corrected chi connectivity index (χ3v) is 5.80. The Labute approximate surface area is 176 Å². The molecule has 0 saturated carbocycles. The van der Waals surface area contributed by atoms with Gasteiger partial charge in [-0.1, -0.05) is 6.92 Å². The third-order valence-electron chi connectivity index (χ3n) is 5.80. The molecule has 2 atom stereocenters. The number of aromatic nitrogens is 5. The molecule has 1 fully saturated rings. The molecule has 1 aromatic carbocycles. The van der Waals surface area contributed by atoms with Crippen molar-refractivity contribution in [3.05, 3.63) is 46.0 Å². The van der Waals surface area contributed by atoms with Crippen LogP contribution in [0.4, 0.5) is 0 Å². The molecule has 1 aliphatic heterocycles. The van der Waals surface area contributed by atoms with Gasteiger partial charge in [0.1, 0.15) is 11.8 Å². The van der Waals surface area contributed by atoms with E-state index in [2.05, 4.69) is 53.1 Å². The minimum absolute atomic E-state index is 0.123. The van der Waals surface area contributed by atoms with Crippen molar-refractivity contribution in [2.45, 2.75) is 52.1 Å². The quantitative estimate of drug-likeness (QED) is 0.711. The number of likely N-dealkylation sites (tertiary alicyclic amines) is 1. The lowest BCUT2D eigenvalue weighted by molar-refractivity contribution is 0.137. The molecule has 3 heterocycles. The van der Waals surface area contributed by atoms with Gasteiger partial charge < -0.3 is 9.72 Å². The summed E-state index contributed by atoms with van der Waals surface area (Å²) in [4.78, 5) is 18.6. The first-order chi connectivity index (χ1) is 14.3. The van der Waals surface area contributed by atoms with E-state index in [0.29, 0.717) is 23.1 Å². The van der Waals surface area contributed by atoms with Crippen molar-refractivity contribution in [1.29, 1.82) is 0 Å². The number of piperidine rings is 1. The first kappa shape index (κ1) is 20.5. The molecule has 0 amide bonds. The topological polar surface area (TPSA) is 88.9 Å². The summed E-state index contributed by atoms with van der Waals surface area (Å²) < 4.78 is 7.14. The second kappa shape index (κ2) is 7.83. The molecule has 8 heteroatoms. The van der Waals surface area contributed by atoms with Crippen molar-refractivity contribution in [1.82, 2.24) is 30.1 Å². The minimum Gasteiger partial charge on any atom is -0.497 e. The highest BCUT2D eigenvalue weighted by Crippen LogP contribution is 2.32. The summed E-state index contributed by atoms with van der Waals surface area (Å²) in [7, 11) is 1.62. The van der Waals surface area contributed by atoms with Crippen LogP contribution in [0.25, 0.3) is 10.9 Å². The Morgan fingerprint density at radius 1 is 1.27 bits per heavy atom. The minimum atomic E-state index is -0.308. The lowest BCUT2D eigenvalue weighted by Crippen LogP contribution is -2.42. The van der Waals surface area contributed by atoms with Crippen LogP contribution in [0, 0.1) is 5.92 Å². The highest BCUT2D eigenvalue weighted by atomic mass is 16.5. The summed E-state index contributed by atoms with van der Waals surface area (Å²) in [5.41, 5.74) is 1.00. The van der Waals surface area contributed by atoms with Crippen molar-refractivity contribution >= 4 is 10.9 Å². The van der Waals surface area contributed by atoms with E-state index in [1.165, 1.54) is 6.42 Å². The second-order valence-corrected chi connectivity index (χ2v) is 9.27. The van der Waals surface area contributed by atoms with Crippen molar-refractivity contribution < 1.29 is 4.74 Å². The van der Waals surface area contributed by atoms with Crippen LogP contribution >= 0.6 is 0 Å². The molecule has 1 saturated heterocycles. The fourth-order valence-electron chi connectivity index (χ4n) is 4.33. The van der Waals surface area contributed by atoms with Crippen molar-refractivity contribution in [2.24, 2.45) is 5.92 Å². The van der Waals surface area contributed by atoms with Crippen LogP contribution in [-0.4, -0.2) is 50.3 Å².